The van der Waals surface area contributed by atoms with Crippen molar-refractivity contribution in [1.29, 1.82) is 0 Å². The second-order valence-electron chi connectivity index (χ2n) is 4.99. The molecule has 1 aliphatic heterocycles. The van der Waals surface area contributed by atoms with Crippen LogP contribution in [0, 0.1) is 6.92 Å². The van der Waals surface area contributed by atoms with Crippen molar-refractivity contribution in [2.45, 2.75) is 38.6 Å². The summed E-state index contributed by atoms with van der Waals surface area (Å²) in [7, 11) is 0. The third-order valence-corrected chi connectivity index (χ3v) is 4.09. The van der Waals surface area contributed by atoms with E-state index in [4.69, 9.17) is 0 Å². The summed E-state index contributed by atoms with van der Waals surface area (Å²) in [5, 5.41) is 0.968. The Morgan fingerprint density at radius 1 is 1.33 bits per heavy atom. The normalized spacial score (nSPS) is 19.9. The van der Waals surface area contributed by atoms with Crippen LogP contribution >= 0.6 is 15.9 Å². The van der Waals surface area contributed by atoms with Gasteiger partial charge in [0.05, 0.1) is 0 Å². The van der Waals surface area contributed by atoms with E-state index in [-0.39, 0.29) is 5.91 Å². The summed E-state index contributed by atoms with van der Waals surface area (Å²) in [5.74, 6) is 0.195. The number of hydrogen-bond acceptors (Lipinski definition) is 1. The maximum absolute atomic E-state index is 12.5. The molecule has 1 aromatic carbocycles. The van der Waals surface area contributed by atoms with Gasteiger partial charge in [-0.1, -0.05) is 33.6 Å². The number of nitrogens with zero attached hydrogens (tertiary/aromatic N) is 1. The first kappa shape index (κ1) is 13.6. The third kappa shape index (κ3) is 3.14. The van der Waals surface area contributed by atoms with Gasteiger partial charge in [0, 0.05) is 23.5 Å². The molecule has 1 aliphatic rings. The monoisotopic (exact) mass is 309 g/mol. The fraction of sp³-hybridized carbons (Fsp3) is 0.533. The highest BCUT2D eigenvalue weighted by Crippen LogP contribution is 2.22. The smallest absolute Gasteiger partial charge is 0.254 e. The minimum absolute atomic E-state index is 0.195. The van der Waals surface area contributed by atoms with Crippen molar-refractivity contribution < 1.29 is 4.79 Å². The van der Waals surface area contributed by atoms with Crippen molar-refractivity contribution >= 4 is 21.8 Å². The van der Waals surface area contributed by atoms with Crippen LogP contribution in [0.5, 0.6) is 0 Å². The molecule has 1 unspecified atom stereocenters. The van der Waals surface area contributed by atoms with Gasteiger partial charge in [0.2, 0.25) is 0 Å². The average Bonchev–Trinajstić information content (AvgIpc) is 2.40. The maximum Gasteiger partial charge on any atom is 0.254 e. The van der Waals surface area contributed by atoms with E-state index in [1.807, 2.05) is 31.2 Å². The molecule has 1 heterocycles. The summed E-state index contributed by atoms with van der Waals surface area (Å²) in [6.07, 6.45) is 4.58. The molecular formula is C15H20BrNO. The molecule has 0 saturated carbocycles. The van der Waals surface area contributed by atoms with Crippen LogP contribution in [0.4, 0.5) is 0 Å². The van der Waals surface area contributed by atoms with Crippen molar-refractivity contribution in [2.24, 2.45) is 0 Å². The summed E-state index contributed by atoms with van der Waals surface area (Å²) in [6, 6.07) is 8.31. The van der Waals surface area contributed by atoms with Gasteiger partial charge < -0.3 is 4.90 Å². The molecule has 0 radical (unpaired) electrons. The molecule has 3 heteroatoms. The Kier molecular flexibility index (Phi) is 4.81. The van der Waals surface area contributed by atoms with Crippen LogP contribution in [-0.4, -0.2) is 28.7 Å². The fourth-order valence-electron chi connectivity index (χ4n) is 2.56. The van der Waals surface area contributed by atoms with E-state index in [9.17, 15) is 4.79 Å². The fourth-order valence-corrected chi connectivity index (χ4v) is 3.08. The zero-order valence-corrected chi connectivity index (χ0v) is 12.4. The highest BCUT2D eigenvalue weighted by atomic mass is 79.9. The number of benzene rings is 1. The molecule has 1 aromatic rings. The lowest BCUT2D eigenvalue weighted by Gasteiger charge is -2.35. The first-order valence-electron chi connectivity index (χ1n) is 6.66. The molecule has 2 rings (SSSR count). The van der Waals surface area contributed by atoms with Gasteiger partial charge in [-0.25, -0.2) is 0 Å². The van der Waals surface area contributed by atoms with Crippen molar-refractivity contribution in [2.75, 3.05) is 11.9 Å². The second-order valence-corrected chi connectivity index (χ2v) is 5.78. The quantitative estimate of drug-likeness (QED) is 0.778. The van der Waals surface area contributed by atoms with Crippen LogP contribution in [-0.2, 0) is 0 Å². The SMILES string of the molecule is Cc1ccc(C(=O)N2CCCCC2CCBr)cc1. The molecule has 18 heavy (non-hydrogen) atoms. The van der Waals surface area contributed by atoms with Crippen LogP contribution in [0.1, 0.15) is 41.6 Å². The first-order chi connectivity index (χ1) is 8.72. The van der Waals surface area contributed by atoms with Crippen LogP contribution in [0.25, 0.3) is 0 Å². The van der Waals surface area contributed by atoms with Crippen molar-refractivity contribution in [3.8, 4) is 0 Å². The molecule has 0 spiro atoms. The van der Waals surface area contributed by atoms with E-state index in [1.54, 1.807) is 0 Å². The Labute approximate surface area is 117 Å². The van der Waals surface area contributed by atoms with Crippen molar-refractivity contribution in [1.82, 2.24) is 4.90 Å². The molecule has 1 fully saturated rings. The van der Waals surface area contributed by atoms with Gasteiger partial charge in [-0.15, -0.1) is 0 Å². The average molecular weight is 310 g/mol. The van der Waals surface area contributed by atoms with E-state index in [0.717, 1.165) is 36.7 Å². The summed E-state index contributed by atoms with van der Waals surface area (Å²) in [6.45, 7) is 2.95. The molecule has 98 valence electrons. The topological polar surface area (TPSA) is 20.3 Å². The Morgan fingerprint density at radius 3 is 2.72 bits per heavy atom. The number of aryl methyl sites for hydroxylation is 1. The van der Waals surface area contributed by atoms with Gasteiger partial charge in [-0.3, -0.25) is 4.79 Å². The Hall–Kier alpha value is -0.830. The van der Waals surface area contributed by atoms with Gasteiger partial charge in [0.1, 0.15) is 0 Å². The van der Waals surface area contributed by atoms with E-state index in [1.165, 1.54) is 12.0 Å². The number of hydrogen-bond donors (Lipinski definition) is 0. The lowest BCUT2D eigenvalue weighted by molar-refractivity contribution is 0.0610. The number of alkyl halides is 1. The third-order valence-electron chi connectivity index (χ3n) is 3.63. The molecule has 0 N–H and O–H groups in total. The minimum Gasteiger partial charge on any atom is -0.336 e. The van der Waals surface area contributed by atoms with Crippen LogP contribution in [0.15, 0.2) is 24.3 Å². The predicted molar refractivity (Wildman–Crippen MR) is 78.3 cm³/mol. The van der Waals surface area contributed by atoms with Gasteiger partial charge in [0.25, 0.3) is 5.91 Å². The van der Waals surface area contributed by atoms with Crippen LogP contribution in [0.2, 0.25) is 0 Å². The lowest BCUT2D eigenvalue weighted by Crippen LogP contribution is -2.43. The number of carbonyl (C=O) groups excluding carboxylic acids is 1. The Morgan fingerprint density at radius 2 is 2.06 bits per heavy atom. The summed E-state index contributed by atoms with van der Waals surface area (Å²) in [4.78, 5) is 14.6. The minimum atomic E-state index is 0.195. The number of halogens is 1. The van der Waals surface area contributed by atoms with E-state index >= 15 is 0 Å². The Balaban J connectivity index is 2.12. The first-order valence-corrected chi connectivity index (χ1v) is 7.78. The lowest BCUT2D eigenvalue weighted by atomic mass is 9.98. The predicted octanol–water partition coefficient (Wildman–Crippen LogP) is 3.77. The standard InChI is InChI=1S/C15H20BrNO/c1-12-5-7-13(8-6-12)15(18)17-11-3-2-4-14(17)9-10-16/h5-8,14H,2-4,9-11H2,1H3. The molecule has 1 saturated heterocycles. The van der Waals surface area contributed by atoms with Crippen molar-refractivity contribution in [3.05, 3.63) is 35.4 Å². The number of amides is 1. The highest BCUT2D eigenvalue weighted by Gasteiger charge is 2.26. The molecule has 1 atom stereocenters. The zero-order chi connectivity index (χ0) is 13.0. The molecule has 0 bridgehead atoms. The molecule has 0 aromatic heterocycles. The number of carbonyl (C=O) groups is 1. The van der Waals surface area contributed by atoms with E-state index in [2.05, 4.69) is 20.8 Å². The van der Waals surface area contributed by atoms with Gasteiger partial charge >= 0.3 is 0 Å². The number of piperidine rings is 1. The second kappa shape index (κ2) is 6.37. The summed E-state index contributed by atoms with van der Waals surface area (Å²) < 4.78 is 0. The molecule has 2 nitrogen and oxygen atoms in total. The van der Waals surface area contributed by atoms with Gasteiger partial charge in [-0.2, -0.15) is 0 Å². The number of rotatable bonds is 3. The van der Waals surface area contributed by atoms with Crippen molar-refractivity contribution in [3.63, 3.8) is 0 Å². The molecule has 1 amide bonds. The van der Waals surface area contributed by atoms with Gasteiger partial charge in [0.15, 0.2) is 0 Å². The van der Waals surface area contributed by atoms with E-state index < -0.39 is 0 Å². The molecule has 0 aliphatic carbocycles. The number of likely N-dealkylation sites (tertiary alicyclic amines) is 1. The van der Waals surface area contributed by atoms with Crippen LogP contribution < -0.4 is 0 Å². The highest BCUT2D eigenvalue weighted by molar-refractivity contribution is 9.09. The van der Waals surface area contributed by atoms with E-state index in [0.29, 0.717) is 6.04 Å². The molecular weight excluding hydrogens is 290 g/mol. The summed E-state index contributed by atoms with van der Waals surface area (Å²) in [5.41, 5.74) is 2.02. The zero-order valence-electron chi connectivity index (χ0n) is 10.9. The largest absolute Gasteiger partial charge is 0.336 e. The Bertz CT molecular complexity index is 399. The maximum atomic E-state index is 12.5. The summed E-state index contributed by atoms with van der Waals surface area (Å²) >= 11 is 3.49. The van der Waals surface area contributed by atoms with Gasteiger partial charge in [-0.05, 0) is 44.7 Å². The van der Waals surface area contributed by atoms with Crippen LogP contribution in [0.3, 0.4) is 0 Å².